The number of ether oxygens (including phenoxy) is 1. The highest BCUT2D eigenvalue weighted by Crippen LogP contribution is 2.41. The zero-order valence-electron chi connectivity index (χ0n) is 16.4. The van der Waals surface area contributed by atoms with Crippen LogP contribution >= 0.6 is 11.8 Å². The summed E-state index contributed by atoms with van der Waals surface area (Å²) in [5.41, 5.74) is 1.58. The van der Waals surface area contributed by atoms with E-state index in [2.05, 4.69) is 4.99 Å². The van der Waals surface area contributed by atoms with Gasteiger partial charge in [-0.05, 0) is 43.3 Å². The number of benzene rings is 2. The molecule has 0 radical (unpaired) electrons. The third-order valence-corrected chi connectivity index (χ3v) is 8.34. The molecule has 0 spiro atoms. The number of methoxy groups -OCH3 is 1. The number of carbonyl (C=O) groups excluding carboxylic acids is 2. The fourth-order valence-electron chi connectivity index (χ4n) is 3.63. The molecule has 0 aromatic heterocycles. The molecule has 7 nitrogen and oxygen atoms in total. The number of rotatable bonds is 4. The molecule has 9 heteroatoms. The summed E-state index contributed by atoms with van der Waals surface area (Å²) in [6, 6.07) is 13.3. The Morgan fingerprint density at radius 1 is 1.10 bits per heavy atom. The fraction of sp³-hybridized carbons (Fsp3) is 0.286. The van der Waals surface area contributed by atoms with Crippen molar-refractivity contribution < 1.29 is 22.7 Å². The van der Waals surface area contributed by atoms with Crippen molar-refractivity contribution in [3.8, 4) is 5.75 Å². The average Bonchev–Trinajstić information content (AvgIpc) is 3.18. The van der Waals surface area contributed by atoms with Crippen molar-refractivity contribution in [2.45, 2.75) is 18.2 Å². The van der Waals surface area contributed by atoms with Crippen LogP contribution in [-0.2, 0) is 9.84 Å². The molecule has 2 atom stereocenters. The van der Waals surface area contributed by atoms with Crippen LogP contribution < -0.4 is 9.64 Å². The SMILES string of the molecule is COc1ccc(C(=O)N=C2S[C@@H]3CS(=O)(=O)C[C@H]3N2c2cccc(C(C)=O)c2)cc1. The lowest BCUT2D eigenvalue weighted by Gasteiger charge is -2.24. The lowest BCUT2D eigenvalue weighted by molar-refractivity contribution is 0.0998. The smallest absolute Gasteiger partial charge is 0.279 e. The summed E-state index contributed by atoms with van der Waals surface area (Å²) in [5, 5.41) is 0.236. The number of amides is 1. The second-order valence-corrected chi connectivity index (χ2v) is 10.6. The average molecular weight is 445 g/mol. The Morgan fingerprint density at radius 2 is 1.83 bits per heavy atom. The van der Waals surface area contributed by atoms with Gasteiger partial charge in [-0.15, -0.1) is 0 Å². The number of fused-ring (bicyclic) bond motifs is 1. The molecule has 1 amide bonds. The minimum atomic E-state index is -3.17. The molecule has 30 heavy (non-hydrogen) atoms. The van der Waals surface area contributed by atoms with Crippen LogP contribution in [0.1, 0.15) is 27.6 Å². The molecule has 2 aliphatic rings. The number of carbonyl (C=O) groups is 2. The number of hydrogen-bond acceptors (Lipinski definition) is 6. The number of anilines is 1. The standard InChI is InChI=1S/C21H20N2O5S2/c1-13(24)15-4-3-5-16(10-15)23-18-11-30(26,27)12-19(18)29-21(23)22-20(25)14-6-8-17(28-2)9-7-14/h3-10,18-19H,11-12H2,1-2H3/t18-,19-/m1/s1. The highest BCUT2D eigenvalue weighted by molar-refractivity contribution is 8.16. The summed E-state index contributed by atoms with van der Waals surface area (Å²) in [5.74, 6) is 0.158. The van der Waals surface area contributed by atoms with Crippen molar-refractivity contribution in [2.24, 2.45) is 4.99 Å². The molecule has 156 valence electrons. The maximum atomic E-state index is 12.8. The topological polar surface area (TPSA) is 93.1 Å². The van der Waals surface area contributed by atoms with E-state index in [1.807, 2.05) is 0 Å². The first-order valence-corrected chi connectivity index (χ1v) is 12.0. The maximum Gasteiger partial charge on any atom is 0.279 e. The van der Waals surface area contributed by atoms with Crippen molar-refractivity contribution in [1.82, 2.24) is 0 Å². The van der Waals surface area contributed by atoms with Crippen molar-refractivity contribution in [2.75, 3.05) is 23.5 Å². The van der Waals surface area contributed by atoms with Crippen LogP contribution in [0.15, 0.2) is 53.5 Å². The van der Waals surface area contributed by atoms with Crippen molar-refractivity contribution in [3.63, 3.8) is 0 Å². The van der Waals surface area contributed by atoms with Gasteiger partial charge in [0.25, 0.3) is 5.91 Å². The predicted molar refractivity (Wildman–Crippen MR) is 118 cm³/mol. The zero-order valence-corrected chi connectivity index (χ0v) is 18.1. The Hall–Kier alpha value is -2.65. The van der Waals surface area contributed by atoms with Crippen LogP contribution in [0.2, 0.25) is 0 Å². The molecular formula is C21H20N2O5S2. The molecule has 0 bridgehead atoms. The number of ketones is 1. The van der Waals surface area contributed by atoms with E-state index in [0.29, 0.717) is 27.7 Å². The monoisotopic (exact) mass is 444 g/mol. The first-order chi connectivity index (χ1) is 14.3. The Balaban J connectivity index is 1.72. The van der Waals surface area contributed by atoms with E-state index < -0.39 is 15.7 Å². The van der Waals surface area contributed by atoms with E-state index >= 15 is 0 Å². The van der Waals surface area contributed by atoms with Gasteiger partial charge in [0.05, 0.1) is 24.7 Å². The molecule has 0 N–H and O–H groups in total. The Kier molecular flexibility index (Phi) is 5.42. The molecule has 2 saturated heterocycles. The summed E-state index contributed by atoms with van der Waals surface area (Å²) in [6.45, 7) is 1.48. The van der Waals surface area contributed by atoms with E-state index in [0.717, 1.165) is 0 Å². The fourth-order valence-corrected chi connectivity index (χ4v) is 7.54. The molecule has 2 aromatic carbocycles. The van der Waals surface area contributed by atoms with E-state index in [1.165, 1.54) is 18.7 Å². The molecule has 4 rings (SSSR count). The van der Waals surface area contributed by atoms with Gasteiger partial charge >= 0.3 is 0 Å². The van der Waals surface area contributed by atoms with Crippen LogP contribution in [0.3, 0.4) is 0 Å². The lowest BCUT2D eigenvalue weighted by Crippen LogP contribution is -2.37. The van der Waals surface area contributed by atoms with E-state index in [4.69, 9.17) is 4.74 Å². The summed E-state index contributed by atoms with van der Waals surface area (Å²) < 4.78 is 29.5. The van der Waals surface area contributed by atoms with Gasteiger partial charge in [0.2, 0.25) is 0 Å². The third-order valence-electron chi connectivity index (χ3n) is 5.13. The van der Waals surface area contributed by atoms with Crippen LogP contribution in [0.5, 0.6) is 5.75 Å². The molecule has 0 aliphatic carbocycles. The number of aliphatic imine (C=N–C) groups is 1. The van der Waals surface area contributed by atoms with Gasteiger partial charge in [-0.1, -0.05) is 23.9 Å². The largest absolute Gasteiger partial charge is 0.497 e. The summed E-state index contributed by atoms with van der Waals surface area (Å²) in [4.78, 5) is 30.7. The third kappa shape index (κ3) is 3.99. The normalized spacial score (nSPS) is 23.4. The molecule has 2 fully saturated rings. The maximum absolute atomic E-state index is 12.8. The second-order valence-electron chi connectivity index (χ2n) is 7.21. The first kappa shape index (κ1) is 20.6. The highest BCUT2D eigenvalue weighted by Gasteiger charge is 2.49. The second kappa shape index (κ2) is 7.88. The van der Waals surface area contributed by atoms with Crippen LogP contribution in [0.4, 0.5) is 5.69 Å². The number of hydrogen-bond donors (Lipinski definition) is 0. The van der Waals surface area contributed by atoms with Gasteiger partial charge in [-0.2, -0.15) is 4.99 Å². The van der Waals surface area contributed by atoms with Crippen LogP contribution in [0, 0.1) is 0 Å². The Labute approximate surface area is 179 Å². The summed E-state index contributed by atoms with van der Waals surface area (Å²) in [6.07, 6.45) is 0. The molecular weight excluding hydrogens is 424 g/mol. The van der Waals surface area contributed by atoms with Crippen LogP contribution in [0.25, 0.3) is 0 Å². The Bertz CT molecular complexity index is 1140. The minimum Gasteiger partial charge on any atom is -0.497 e. The van der Waals surface area contributed by atoms with Gasteiger partial charge in [-0.25, -0.2) is 8.42 Å². The van der Waals surface area contributed by atoms with Crippen LogP contribution in [-0.4, -0.2) is 55.2 Å². The van der Waals surface area contributed by atoms with Crippen molar-refractivity contribution in [1.29, 1.82) is 0 Å². The summed E-state index contributed by atoms with van der Waals surface area (Å²) in [7, 11) is -1.62. The predicted octanol–water partition coefficient (Wildman–Crippen LogP) is 2.81. The van der Waals surface area contributed by atoms with Gasteiger partial charge in [0.1, 0.15) is 5.75 Å². The molecule has 0 saturated carbocycles. The summed E-state index contributed by atoms with van der Waals surface area (Å²) >= 11 is 1.30. The van der Waals surface area contributed by atoms with Crippen molar-refractivity contribution in [3.05, 3.63) is 59.7 Å². The first-order valence-electron chi connectivity index (χ1n) is 9.32. The highest BCUT2D eigenvalue weighted by atomic mass is 32.2. The van der Waals surface area contributed by atoms with Gasteiger partial charge < -0.3 is 9.64 Å². The number of Topliss-reactive ketones (excluding diaryl/α,β-unsaturated/α-hetero) is 1. The van der Waals surface area contributed by atoms with E-state index in [1.54, 1.807) is 60.5 Å². The molecule has 2 aromatic rings. The molecule has 2 heterocycles. The van der Waals surface area contributed by atoms with Gasteiger partial charge in [0, 0.05) is 22.1 Å². The van der Waals surface area contributed by atoms with E-state index in [-0.39, 0.29) is 28.6 Å². The number of nitrogens with zero attached hydrogens (tertiary/aromatic N) is 2. The van der Waals surface area contributed by atoms with Gasteiger partial charge in [-0.3, -0.25) is 9.59 Å². The molecule has 2 aliphatic heterocycles. The van der Waals surface area contributed by atoms with Gasteiger partial charge in [0.15, 0.2) is 20.8 Å². The van der Waals surface area contributed by atoms with Crippen molar-refractivity contribution >= 4 is 44.1 Å². The number of amidine groups is 1. The number of thioether (sulfide) groups is 1. The quantitative estimate of drug-likeness (QED) is 0.670. The number of sulfone groups is 1. The molecule has 0 unspecified atom stereocenters. The zero-order chi connectivity index (χ0) is 21.5. The lowest BCUT2D eigenvalue weighted by atomic mass is 10.1. The minimum absolute atomic E-state index is 0.00921. The van der Waals surface area contributed by atoms with E-state index in [9.17, 15) is 18.0 Å². The Morgan fingerprint density at radius 3 is 2.50 bits per heavy atom.